The number of anilines is 1. The molecule has 0 aromatic heterocycles. The molecular formula is C14H10Cl3N3O3S. The van der Waals surface area contributed by atoms with Crippen LogP contribution < -0.4 is 10.6 Å². The monoisotopic (exact) mass is 405 g/mol. The number of nitrogens with one attached hydrogen (secondary N) is 2. The van der Waals surface area contributed by atoms with Crippen molar-refractivity contribution in [1.29, 1.82) is 0 Å². The number of halogens is 3. The Bertz CT molecular complexity index is 787. The van der Waals surface area contributed by atoms with Gasteiger partial charge in [0, 0.05) is 17.7 Å². The van der Waals surface area contributed by atoms with Crippen molar-refractivity contribution in [2.45, 2.75) is 6.23 Å². The molecule has 0 aliphatic rings. The lowest BCUT2D eigenvalue weighted by Crippen LogP contribution is -2.32. The Hall–Kier alpha value is -1.64. The number of nitro groups is 1. The fourth-order valence-corrected chi connectivity index (χ4v) is 2.58. The van der Waals surface area contributed by atoms with E-state index in [0.29, 0.717) is 26.3 Å². The third kappa shape index (κ3) is 4.68. The average Bonchev–Trinajstić information content (AvgIpc) is 2.52. The van der Waals surface area contributed by atoms with Gasteiger partial charge >= 0.3 is 0 Å². The van der Waals surface area contributed by atoms with Crippen LogP contribution in [0.1, 0.15) is 11.8 Å². The zero-order valence-corrected chi connectivity index (χ0v) is 14.9. The predicted molar refractivity (Wildman–Crippen MR) is 98.9 cm³/mol. The molecule has 0 aliphatic heterocycles. The molecule has 0 aliphatic carbocycles. The van der Waals surface area contributed by atoms with Crippen molar-refractivity contribution < 1.29 is 10.0 Å². The highest BCUT2D eigenvalue weighted by atomic mass is 35.5. The molecule has 2 rings (SSSR count). The molecule has 0 heterocycles. The van der Waals surface area contributed by atoms with Crippen LogP contribution in [-0.4, -0.2) is 15.1 Å². The summed E-state index contributed by atoms with van der Waals surface area (Å²) in [5.74, 6) is 0. The Kier molecular flexibility index (Phi) is 6.20. The van der Waals surface area contributed by atoms with Gasteiger partial charge in [0.1, 0.15) is 0 Å². The molecule has 0 radical (unpaired) electrons. The summed E-state index contributed by atoms with van der Waals surface area (Å²) in [5.41, 5.74) is 0.749. The number of non-ortho nitro benzene ring substituents is 1. The van der Waals surface area contributed by atoms with Gasteiger partial charge in [0.15, 0.2) is 11.3 Å². The summed E-state index contributed by atoms with van der Waals surface area (Å²) < 4.78 is 0. The van der Waals surface area contributed by atoms with Crippen LogP contribution in [0.4, 0.5) is 11.4 Å². The molecule has 0 fully saturated rings. The highest BCUT2D eigenvalue weighted by Gasteiger charge is 2.13. The molecule has 0 spiro atoms. The van der Waals surface area contributed by atoms with E-state index in [1.807, 2.05) is 0 Å². The molecule has 0 saturated heterocycles. The van der Waals surface area contributed by atoms with Crippen molar-refractivity contribution in [3.8, 4) is 0 Å². The Morgan fingerprint density at radius 1 is 1.12 bits per heavy atom. The maximum Gasteiger partial charge on any atom is 0.269 e. The lowest BCUT2D eigenvalue weighted by molar-refractivity contribution is -0.384. The number of hydrogen-bond donors (Lipinski definition) is 3. The van der Waals surface area contributed by atoms with Crippen LogP contribution >= 0.6 is 47.0 Å². The molecule has 3 N–H and O–H groups in total. The maximum absolute atomic E-state index is 10.6. The van der Waals surface area contributed by atoms with Crippen molar-refractivity contribution in [3.05, 3.63) is 67.1 Å². The molecule has 0 bridgehead atoms. The van der Waals surface area contributed by atoms with Gasteiger partial charge in [-0.05, 0) is 36.5 Å². The van der Waals surface area contributed by atoms with E-state index in [-0.39, 0.29) is 10.8 Å². The normalized spacial score (nSPS) is 11.7. The predicted octanol–water partition coefficient (Wildman–Crippen LogP) is 4.53. The fraction of sp³-hybridized carbons (Fsp3) is 0.0714. The van der Waals surface area contributed by atoms with Gasteiger partial charge in [0.25, 0.3) is 5.69 Å². The molecule has 1 atom stereocenters. The molecule has 1 unspecified atom stereocenters. The number of nitrogens with zero attached hydrogens (tertiary/aromatic N) is 1. The second kappa shape index (κ2) is 7.96. The van der Waals surface area contributed by atoms with Gasteiger partial charge < -0.3 is 15.7 Å². The smallest absolute Gasteiger partial charge is 0.269 e. The number of aliphatic hydroxyl groups is 1. The van der Waals surface area contributed by atoms with Crippen molar-refractivity contribution in [1.82, 2.24) is 5.32 Å². The average molecular weight is 407 g/mol. The van der Waals surface area contributed by atoms with Gasteiger partial charge in [-0.3, -0.25) is 10.1 Å². The Balaban J connectivity index is 2.04. The highest BCUT2D eigenvalue weighted by Crippen LogP contribution is 2.32. The van der Waals surface area contributed by atoms with Gasteiger partial charge in [-0.2, -0.15) is 0 Å². The second-order valence-electron chi connectivity index (χ2n) is 4.60. The van der Waals surface area contributed by atoms with Crippen molar-refractivity contribution >= 4 is 63.5 Å². The van der Waals surface area contributed by atoms with E-state index in [2.05, 4.69) is 10.6 Å². The maximum atomic E-state index is 10.6. The molecule has 24 heavy (non-hydrogen) atoms. The van der Waals surface area contributed by atoms with Crippen LogP contribution in [-0.2, 0) is 0 Å². The first-order chi connectivity index (χ1) is 11.3. The molecule has 0 amide bonds. The van der Waals surface area contributed by atoms with E-state index in [1.54, 1.807) is 0 Å². The number of nitro benzene ring substituents is 1. The van der Waals surface area contributed by atoms with E-state index in [4.69, 9.17) is 47.0 Å². The van der Waals surface area contributed by atoms with Crippen LogP contribution in [0, 0.1) is 10.1 Å². The summed E-state index contributed by atoms with van der Waals surface area (Å²) in [6.07, 6.45) is -1.16. The van der Waals surface area contributed by atoms with Gasteiger partial charge in [0.2, 0.25) is 0 Å². The number of thiocarbonyl (C=S) groups is 1. The summed E-state index contributed by atoms with van der Waals surface area (Å²) in [4.78, 5) is 10.1. The van der Waals surface area contributed by atoms with Gasteiger partial charge in [-0.25, -0.2) is 0 Å². The highest BCUT2D eigenvalue weighted by molar-refractivity contribution is 7.80. The summed E-state index contributed by atoms with van der Waals surface area (Å²) >= 11 is 22.9. The van der Waals surface area contributed by atoms with Crippen LogP contribution in [0.5, 0.6) is 0 Å². The molecule has 2 aromatic carbocycles. The summed E-state index contributed by atoms with van der Waals surface area (Å²) in [6.45, 7) is 0. The molecule has 2 aromatic rings. The van der Waals surface area contributed by atoms with E-state index >= 15 is 0 Å². The standard InChI is InChI=1S/C14H10Cl3N3O3S/c15-9-5-11(17)12(6-10(9)16)18-14(24)19-13(21)7-1-3-8(4-2-7)20(22)23/h1-6,13,21H,(H2,18,19,24). The zero-order valence-electron chi connectivity index (χ0n) is 11.8. The third-order valence-electron chi connectivity index (χ3n) is 2.95. The van der Waals surface area contributed by atoms with E-state index in [9.17, 15) is 15.2 Å². The van der Waals surface area contributed by atoms with Crippen molar-refractivity contribution in [3.63, 3.8) is 0 Å². The summed E-state index contributed by atoms with van der Waals surface area (Å²) in [6, 6.07) is 8.37. The summed E-state index contributed by atoms with van der Waals surface area (Å²) in [7, 11) is 0. The number of benzene rings is 2. The van der Waals surface area contributed by atoms with Crippen LogP contribution in [0.25, 0.3) is 0 Å². The summed E-state index contributed by atoms with van der Waals surface area (Å²) in [5, 5.41) is 27.1. The first-order valence-electron chi connectivity index (χ1n) is 6.42. The topological polar surface area (TPSA) is 87.4 Å². The lowest BCUT2D eigenvalue weighted by Gasteiger charge is -2.17. The first kappa shape index (κ1) is 18.7. The fourth-order valence-electron chi connectivity index (χ4n) is 1.76. The largest absolute Gasteiger partial charge is 0.369 e. The van der Waals surface area contributed by atoms with Crippen molar-refractivity contribution in [2.24, 2.45) is 0 Å². The minimum absolute atomic E-state index is 0.0748. The minimum Gasteiger partial charge on any atom is -0.369 e. The molecule has 10 heteroatoms. The Labute approximate surface area is 157 Å². The van der Waals surface area contributed by atoms with Gasteiger partial charge in [-0.1, -0.05) is 34.8 Å². The number of rotatable bonds is 4. The van der Waals surface area contributed by atoms with E-state index in [1.165, 1.54) is 36.4 Å². The lowest BCUT2D eigenvalue weighted by atomic mass is 10.2. The van der Waals surface area contributed by atoms with Crippen LogP contribution in [0.15, 0.2) is 36.4 Å². The molecule has 126 valence electrons. The minimum atomic E-state index is -1.16. The zero-order chi connectivity index (χ0) is 17.9. The van der Waals surface area contributed by atoms with Crippen LogP contribution in [0.2, 0.25) is 15.1 Å². The van der Waals surface area contributed by atoms with Gasteiger partial charge in [0.05, 0.1) is 25.7 Å². The molecule has 0 saturated carbocycles. The number of hydrogen-bond acceptors (Lipinski definition) is 4. The Morgan fingerprint density at radius 2 is 1.71 bits per heavy atom. The van der Waals surface area contributed by atoms with Gasteiger partial charge in [-0.15, -0.1) is 0 Å². The van der Waals surface area contributed by atoms with Crippen LogP contribution in [0.3, 0.4) is 0 Å². The second-order valence-corrected chi connectivity index (χ2v) is 6.23. The number of aliphatic hydroxyl groups excluding tert-OH is 1. The SMILES string of the molecule is O=[N+]([O-])c1ccc(C(O)NC(=S)Nc2cc(Cl)c(Cl)cc2Cl)cc1. The Morgan fingerprint density at radius 3 is 2.29 bits per heavy atom. The first-order valence-corrected chi connectivity index (χ1v) is 7.96. The van der Waals surface area contributed by atoms with E-state index in [0.717, 1.165) is 0 Å². The molecule has 6 nitrogen and oxygen atoms in total. The molecular weight excluding hydrogens is 397 g/mol. The third-order valence-corrected chi connectivity index (χ3v) is 4.20. The quantitative estimate of drug-likeness (QED) is 0.227. The van der Waals surface area contributed by atoms with E-state index < -0.39 is 11.2 Å². The van der Waals surface area contributed by atoms with Crippen molar-refractivity contribution in [2.75, 3.05) is 5.32 Å².